The van der Waals surface area contributed by atoms with Crippen LogP contribution >= 0.6 is 0 Å². The van der Waals surface area contributed by atoms with Crippen LogP contribution in [0.5, 0.6) is 0 Å². The van der Waals surface area contributed by atoms with Crippen LogP contribution in [0.4, 0.5) is 0 Å². The Kier molecular flexibility index (Phi) is 10.0. The summed E-state index contributed by atoms with van der Waals surface area (Å²) in [6, 6.07) is -6.06. The van der Waals surface area contributed by atoms with E-state index in [9.17, 15) is 29.1 Å². The smallest absolute Gasteiger partial charge is 0.328 e. The molecule has 10 N–H and O–H groups in total. The van der Waals surface area contributed by atoms with E-state index < -0.39 is 73.5 Å². The van der Waals surface area contributed by atoms with Gasteiger partial charge in [0.15, 0.2) is 0 Å². The molecule has 15 heteroatoms. The van der Waals surface area contributed by atoms with Gasteiger partial charge in [-0.25, -0.2) is 9.78 Å². The predicted molar refractivity (Wildman–Crippen MR) is 100 cm³/mol. The maximum atomic E-state index is 12.6. The van der Waals surface area contributed by atoms with Gasteiger partial charge in [-0.15, -0.1) is 0 Å². The Labute approximate surface area is 175 Å². The molecule has 0 aliphatic rings. The summed E-state index contributed by atoms with van der Waals surface area (Å²) in [7, 11) is 0. The van der Waals surface area contributed by atoms with E-state index in [4.69, 9.17) is 21.1 Å². The fraction of sp³-hybridized carbons (Fsp3) is 0.500. The average molecular weight is 444 g/mol. The molecule has 4 unspecified atom stereocenters. The van der Waals surface area contributed by atoms with Gasteiger partial charge in [0, 0.05) is 18.3 Å². The number of imidazole rings is 1. The van der Waals surface area contributed by atoms with Crippen LogP contribution in [0, 0.1) is 0 Å². The summed E-state index contributed by atoms with van der Waals surface area (Å²) >= 11 is 0. The van der Waals surface area contributed by atoms with Gasteiger partial charge in [-0.3, -0.25) is 19.2 Å². The van der Waals surface area contributed by atoms with Gasteiger partial charge in [-0.2, -0.15) is 0 Å². The number of nitrogens with zero attached hydrogens (tertiary/aromatic N) is 1. The minimum atomic E-state index is -1.66. The third-order valence-electron chi connectivity index (χ3n) is 3.96. The van der Waals surface area contributed by atoms with Crippen LogP contribution in [0.2, 0.25) is 0 Å². The SMILES string of the molecule is NC(CC(=O)O)C(=O)NC(Cc1cnc[nH]1)C(=O)NC(CO)C(=O)NC(CO)C(=O)O. The number of nitrogens with one attached hydrogen (secondary N) is 4. The summed E-state index contributed by atoms with van der Waals surface area (Å²) in [6.07, 6.45) is 1.83. The lowest BCUT2D eigenvalue weighted by atomic mass is 10.1. The van der Waals surface area contributed by atoms with Crippen molar-refractivity contribution in [3.63, 3.8) is 0 Å². The minimum Gasteiger partial charge on any atom is -0.481 e. The van der Waals surface area contributed by atoms with Gasteiger partial charge in [0.25, 0.3) is 0 Å². The summed E-state index contributed by atoms with van der Waals surface area (Å²) in [4.78, 5) is 65.0. The number of hydrogen-bond donors (Lipinski definition) is 9. The van der Waals surface area contributed by atoms with Gasteiger partial charge in [-0.05, 0) is 0 Å². The van der Waals surface area contributed by atoms with Gasteiger partial charge in [0.05, 0.1) is 32.0 Å². The molecule has 4 atom stereocenters. The monoisotopic (exact) mass is 444 g/mol. The third kappa shape index (κ3) is 8.37. The Hall–Kier alpha value is -3.56. The molecule has 172 valence electrons. The van der Waals surface area contributed by atoms with Crippen molar-refractivity contribution in [3.8, 4) is 0 Å². The second-order valence-corrected chi connectivity index (χ2v) is 6.37. The molecule has 0 saturated carbocycles. The largest absolute Gasteiger partial charge is 0.481 e. The van der Waals surface area contributed by atoms with Gasteiger partial charge < -0.3 is 47.1 Å². The number of aliphatic hydroxyl groups excluding tert-OH is 2. The highest BCUT2D eigenvalue weighted by Crippen LogP contribution is 2.02. The van der Waals surface area contributed by atoms with Crippen LogP contribution in [-0.4, -0.2) is 97.4 Å². The van der Waals surface area contributed by atoms with E-state index in [0.717, 1.165) is 0 Å². The van der Waals surface area contributed by atoms with Crippen LogP contribution in [0.3, 0.4) is 0 Å². The molecular formula is C16H24N6O9. The van der Waals surface area contributed by atoms with Crippen molar-refractivity contribution in [1.29, 1.82) is 0 Å². The Morgan fingerprint density at radius 1 is 0.935 bits per heavy atom. The zero-order valence-electron chi connectivity index (χ0n) is 16.1. The van der Waals surface area contributed by atoms with Crippen molar-refractivity contribution in [2.24, 2.45) is 5.73 Å². The van der Waals surface area contributed by atoms with Crippen LogP contribution < -0.4 is 21.7 Å². The molecule has 0 saturated heterocycles. The Morgan fingerprint density at radius 2 is 1.48 bits per heavy atom. The quantitative estimate of drug-likeness (QED) is 0.139. The zero-order chi connectivity index (χ0) is 23.6. The number of aromatic amines is 1. The summed E-state index contributed by atoms with van der Waals surface area (Å²) < 4.78 is 0. The van der Waals surface area contributed by atoms with Crippen LogP contribution in [0.15, 0.2) is 12.5 Å². The number of carbonyl (C=O) groups is 5. The number of carbonyl (C=O) groups excluding carboxylic acids is 3. The Balaban J connectivity index is 2.91. The molecule has 1 aromatic rings. The van der Waals surface area contributed by atoms with Crippen LogP contribution in [0.1, 0.15) is 12.1 Å². The number of H-pyrrole nitrogens is 1. The first kappa shape index (κ1) is 25.5. The number of aliphatic carboxylic acids is 2. The van der Waals surface area contributed by atoms with E-state index >= 15 is 0 Å². The number of nitrogens with two attached hydrogens (primary N) is 1. The third-order valence-corrected chi connectivity index (χ3v) is 3.96. The molecule has 0 aliphatic carbocycles. The number of carboxylic acid groups (broad SMARTS) is 2. The van der Waals surface area contributed by atoms with Gasteiger partial charge in [-0.1, -0.05) is 0 Å². The van der Waals surface area contributed by atoms with Crippen molar-refractivity contribution >= 4 is 29.7 Å². The molecule has 0 fully saturated rings. The molecule has 0 spiro atoms. The molecule has 3 amide bonds. The number of aromatic nitrogens is 2. The maximum Gasteiger partial charge on any atom is 0.328 e. The average Bonchev–Trinajstić information content (AvgIpc) is 3.21. The van der Waals surface area contributed by atoms with Gasteiger partial charge >= 0.3 is 11.9 Å². The van der Waals surface area contributed by atoms with Crippen molar-refractivity contribution in [1.82, 2.24) is 25.9 Å². The van der Waals surface area contributed by atoms with Crippen LogP contribution in [-0.2, 0) is 30.4 Å². The maximum absolute atomic E-state index is 12.6. The summed E-state index contributed by atoms with van der Waals surface area (Å²) in [5.41, 5.74) is 5.89. The van der Waals surface area contributed by atoms with E-state index in [1.54, 1.807) is 0 Å². The lowest BCUT2D eigenvalue weighted by molar-refractivity contribution is -0.143. The number of amides is 3. The van der Waals surface area contributed by atoms with Crippen molar-refractivity contribution in [2.45, 2.75) is 37.0 Å². The molecule has 1 heterocycles. The number of hydrogen-bond acceptors (Lipinski definition) is 9. The van der Waals surface area contributed by atoms with E-state index in [1.165, 1.54) is 12.5 Å². The Morgan fingerprint density at radius 3 is 1.97 bits per heavy atom. The van der Waals surface area contributed by atoms with E-state index in [-0.39, 0.29) is 6.42 Å². The fourth-order valence-corrected chi connectivity index (χ4v) is 2.31. The van der Waals surface area contributed by atoms with Crippen molar-refractivity contribution in [3.05, 3.63) is 18.2 Å². The van der Waals surface area contributed by atoms with E-state index in [0.29, 0.717) is 5.69 Å². The molecular weight excluding hydrogens is 420 g/mol. The highest BCUT2D eigenvalue weighted by Gasteiger charge is 2.30. The zero-order valence-corrected chi connectivity index (χ0v) is 16.1. The normalized spacial score (nSPS) is 14.5. The standard InChI is InChI=1S/C16H24N6O9/c17-8(2-12(25)26)13(27)20-9(1-7-3-18-6-19-7)14(28)21-10(4-23)15(29)22-11(5-24)16(30)31/h3,6,8-11,23-24H,1-2,4-5,17H2,(H,18,19)(H,20,27)(H,21,28)(H,22,29)(H,25,26)(H,30,31). The summed E-state index contributed by atoms with van der Waals surface area (Å²) in [6.45, 7) is -1.84. The summed E-state index contributed by atoms with van der Waals surface area (Å²) in [5, 5.41) is 42.3. The molecule has 15 nitrogen and oxygen atoms in total. The van der Waals surface area contributed by atoms with Gasteiger partial charge in [0.2, 0.25) is 17.7 Å². The molecule has 31 heavy (non-hydrogen) atoms. The predicted octanol–water partition coefficient (Wildman–Crippen LogP) is -4.72. The van der Waals surface area contributed by atoms with Crippen molar-refractivity contribution < 1.29 is 44.4 Å². The first-order chi connectivity index (χ1) is 14.6. The minimum absolute atomic E-state index is 0.147. The molecule has 1 aromatic heterocycles. The van der Waals surface area contributed by atoms with E-state index in [2.05, 4.69) is 20.6 Å². The fourth-order valence-electron chi connectivity index (χ4n) is 2.31. The highest BCUT2D eigenvalue weighted by atomic mass is 16.4. The lowest BCUT2D eigenvalue weighted by Crippen LogP contribution is -2.59. The second kappa shape index (κ2) is 12.2. The molecule has 0 bridgehead atoms. The lowest BCUT2D eigenvalue weighted by Gasteiger charge is -2.23. The number of rotatable bonds is 13. The van der Waals surface area contributed by atoms with Gasteiger partial charge in [0.1, 0.15) is 18.1 Å². The summed E-state index contributed by atoms with van der Waals surface area (Å²) in [5.74, 6) is -5.85. The molecule has 0 aliphatic heterocycles. The topological polar surface area (TPSA) is 257 Å². The first-order valence-electron chi connectivity index (χ1n) is 8.89. The first-order valence-corrected chi connectivity index (χ1v) is 8.89. The highest BCUT2D eigenvalue weighted by molar-refractivity contribution is 5.94. The van der Waals surface area contributed by atoms with Crippen molar-refractivity contribution in [2.75, 3.05) is 13.2 Å². The molecule has 0 radical (unpaired) electrons. The number of aliphatic hydroxyl groups is 2. The second-order valence-electron chi connectivity index (χ2n) is 6.37. The molecule has 0 aromatic carbocycles. The van der Waals surface area contributed by atoms with E-state index in [1.807, 2.05) is 5.32 Å². The number of carboxylic acids is 2. The van der Waals surface area contributed by atoms with Crippen LogP contribution in [0.25, 0.3) is 0 Å². The Bertz CT molecular complexity index is 785. The molecule has 1 rings (SSSR count).